The van der Waals surface area contributed by atoms with E-state index in [1.54, 1.807) is 0 Å². The fourth-order valence-electron chi connectivity index (χ4n) is 3.90. The molecule has 0 saturated heterocycles. The standard InChI is InChI=1S/C19H25NO4/c1-11(21)16-15(23)10-19(3,24)18(12(2)22)17(16)13-6-8-14(9-7-13)20(4)5/h6-9,16-18,24H,10H2,1-5H3/t16-,17+,18+,19+/m0/s1. The van der Waals surface area contributed by atoms with Gasteiger partial charge in [0.1, 0.15) is 17.3 Å². The minimum absolute atomic E-state index is 0.173. The van der Waals surface area contributed by atoms with Crippen molar-refractivity contribution in [2.75, 3.05) is 19.0 Å². The molecule has 0 bridgehead atoms. The minimum atomic E-state index is -1.44. The Morgan fingerprint density at radius 1 is 1.12 bits per heavy atom. The molecule has 0 spiro atoms. The number of anilines is 1. The van der Waals surface area contributed by atoms with Gasteiger partial charge in [0.05, 0.1) is 17.4 Å². The van der Waals surface area contributed by atoms with Gasteiger partial charge in [-0.05, 0) is 38.5 Å². The second kappa shape index (κ2) is 6.48. The van der Waals surface area contributed by atoms with Gasteiger partial charge < -0.3 is 10.0 Å². The van der Waals surface area contributed by atoms with Crippen molar-refractivity contribution in [2.24, 2.45) is 11.8 Å². The van der Waals surface area contributed by atoms with Gasteiger partial charge in [0.15, 0.2) is 0 Å². The molecule has 1 fully saturated rings. The van der Waals surface area contributed by atoms with Gasteiger partial charge in [-0.15, -0.1) is 0 Å². The summed E-state index contributed by atoms with van der Waals surface area (Å²) in [4.78, 5) is 38.8. The van der Waals surface area contributed by atoms with Gasteiger partial charge in [0.2, 0.25) is 0 Å². The normalized spacial score (nSPS) is 30.1. The summed E-state index contributed by atoms with van der Waals surface area (Å²) in [5, 5.41) is 10.7. The van der Waals surface area contributed by atoms with E-state index < -0.39 is 23.4 Å². The lowest BCUT2D eigenvalue weighted by atomic mass is 9.60. The molecular weight excluding hydrogens is 306 g/mol. The number of nitrogens with zero attached hydrogens (tertiary/aromatic N) is 1. The van der Waals surface area contributed by atoms with Crippen molar-refractivity contribution in [1.29, 1.82) is 0 Å². The van der Waals surface area contributed by atoms with Crippen LogP contribution < -0.4 is 4.90 Å². The number of rotatable bonds is 4. The van der Waals surface area contributed by atoms with Crippen LogP contribution in [0.4, 0.5) is 5.69 Å². The van der Waals surface area contributed by atoms with E-state index in [1.807, 2.05) is 43.3 Å². The maximum atomic E-state index is 12.5. The summed E-state index contributed by atoms with van der Waals surface area (Å²) < 4.78 is 0. The second-order valence-electron chi connectivity index (χ2n) is 7.19. The Kier molecular flexibility index (Phi) is 4.95. The number of carbonyl (C=O) groups is 3. The number of hydrogen-bond acceptors (Lipinski definition) is 5. The summed E-state index contributed by atoms with van der Waals surface area (Å²) >= 11 is 0. The van der Waals surface area contributed by atoms with Crippen LogP contribution in [0.25, 0.3) is 0 Å². The zero-order valence-corrected chi connectivity index (χ0v) is 14.9. The van der Waals surface area contributed by atoms with Crippen molar-refractivity contribution in [3.63, 3.8) is 0 Å². The second-order valence-corrected chi connectivity index (χ2v) is 7.19. The molecule has 24 heavy (non-hydrogen) atoms. The average Bonchev–Trinajstić information content (AvgIpc) is 2.44. The lowest BCUT2D eigenvalue weighted by molar-refractivity contribution is -0.151. The minimum Gasteiger partial charge on any atom is -0.389 e. The molecule has 2 rings (SSSR count). The predicted molar refractivity (Wildman–Crippen MR) is 92.1 cm³/mol. The maximum absolute atomic E-state index is 12.5. The first-order valence-corrected chi connectivity index (χ1v) is 8.09. The molecule has 0 aromatic heterocycles. The van der Waals surface area contributed by atoms with Crippen molar-refractivity contribution in [3.8, 4) is 0 Å². The zero-order chi connectivity index (χ0) is 18.2. The smallest absolute Gasteiger partial charge is 0.146 e. The molecule has 0 heterocycles. The molecular formula is C19H25NO4. The Balaban J connectivity index is 2.58. The monoisotopic (exact) mass is 331 g/mol. The van der Waals surface area contributed by atoms with Crippen molar-refractivity contribution in [1.82, 2.24) is 0 Å². The Hall–Kier alpha value is -2.01. The Morgan fingerprint density at radius 3 is 2.08 bits per heavy atom. The number of carbonyl (C=O) groups excluding carboxylic acids is 3. The van der Waals surface area contributed by atoms with Gasteiger partial charge in [-0.25, -0.2) is 0 Å². The van der Waals surface area contributed by atoms with Crippen LogP contribution in [0.2, 0.25) is 0 Å². The molecule has 0 amide bonds. The molecule has 1 aliphatic carbocycles. The Morgan fingerprint density at radius 2 is 1.67 bits per heavy atom. The van der Waals surface area contributed by atoms with Crippen molar-refractivity contribution < 1.29 is 19.5 Å². The topological polar surface area (TPSA) is 74.7 Å². The van der Waals surface area contributed by atoms with Gasteiger partial charge >= 0.3 is 0 Å². The highest BCUT2D eigenvalue weighted by atomic mass is 16.3. The van der Waals surface area contributed by atoms with E-state index in [1.165, 1.54) is 20.8 Å². The fraction of sp³-hybridized carbons (Fsp3) is 0.526. The molecule has 4 atom stereocenters. The summed E-state index contributed by atoms with van der Waals surface area (Å²) in [6.45, 7) is 4.29. The molecule has 0 radical (unpaired) electrons. The van der Waals surface area contributed by atoms with E-state index in [0.717, 1.165) is 11.3 Å². The third-order valence-corrected chi connectivity index (χ3v) is 4.94. The van der Waals surface area contributed by atoms with Crippen LogP contribution in [0.5, 0.6) is 0 Å². The third kappa shape index (κ3) is 3.26. The SMILES string of the molecule is CC(=O)[C@H]1C(=O)C[C@@](C)(O)[C@H](C(C)=O)[C@@H]1c1ccc(N(C)C)cc1. The van der Waals surface area contributed by atoms with Crippen LogP contribution in [-0.2, 0) is 14.4 Å². The molecule has 1 aromatic carbocycles. The predicted octanol–water partition coefficient (Wildman–Crippen LogP) is 1.97. The van der Waals surface area contributed by atoms with Gasteiger partial charge in [-0.2, -0.15) is 0 Å². The first kappa shape index (κ1) is 18.3. The van der Waals surface area contributed by atoms with Crippen LogP contribution in [0.15, 0.2) is 24.3 Å². The highest BCUT2D eigenvalue weighted by Crippen LogP contribution is 2.46. The van der Waals surface area contributed by atoms with E-state index in [4.69, 9.17) is 0 Å². The summed E-state index contributed by atoms with van der Waals surface area (Å²) in [6.07, 6.45) is -0.173. The van der Waals surface area contributed by atoms with Gasteiger partial charge in [0.25, 0.3) is 0 Å². The first-order valence-electron chi connectivity index (χ1n) is 8.09. The van der Waals surface area contributed by atoms with Gasteiger partial charge in [0, 0.05) is 32.1 Å². The number of aliphatic hydroxyl groups is 1. The quantitative estimate of drug-likeness (QED) is 0.854. The fourth-order valence-corrected chi connectivity index (χ4v) is 3.90. The van der Waals surface area contributed by atoms with Crippen LogP contribution in [-0.4, -0.2) is 42.2 Å². The van der Waals surface area contributed by atoms with Crippen LogP contribution in [0.3, 0.4) is 0 Å². The Labute approximate surface area is 142 Å². The molecule has 5 heteroatoms. The van der Waals surface area contributed by atoms with E-state index in [9.17, 15) is 19.5 Å². The molecule has 0 aliphatic heterocycles. The first-order chi connectivity index (χ1) is 11.1. The summed E-state index contributed by atoms with van der Waals surface area (Å²) in [7, 11) is 3.83. The van der Waals surface area contributed by atoms with Crippen LogP contribution in [0.1, 0.15) is 38.7 Å². The lowest BCUT2D eigenvalue weighted by Gasteiger charge is -2.44. The van der Waals surface area contributed by atoms with Crippen LogP contribution in [0, 0.1) is 11.8 Å². The van der Waals surface area contributed by atoms with Crippen molar-refractivity contribution in [2.45, 2.75) is 38.7 Å². The van der Waals surface area contributed by atoms with Gasteiger partial charge in [-0.3, -0.25) is 14.4 Å². The molecule has 1 aliphatic rings. The molecule has 1 N–H and O–H groups in total. The number of ketones is 3. The summed E-state index contributed by atoms with van der Waals surface area (Å²) in [5.74, 6) is -3.07. The summed E-state index contributed by atoms with van der Waals surface area (Å²) in [5.41, 5.74) is 0.264. The molecule has 5 nitrogen and oxygen atoms in total. The van der Waals surface area contributed by atoms with Crippen LogP contribution >= 0.6 is 0 Å². The van der Waals surface area contributed by atoms with Crippen molar-refractivity contribution >= 4 is 23.0 Å². The van der Waals surface area contributed by atoms with E-state index in [2.05, 4.69) is 0 Å². The number of Topliss-reactive ketones (excluding diaryl/α,β-unsaturated/α-hetero) is 3. The van der Waals surface area contributed by atoms with E-state index >= 15 is 0 Å². The number of hydrogen-bond donors (Lipinski definition) is 1. The molecule has 1 aromatic rings. The van der Waals surface area contributed by atoms with E-state index in [0.29, 0.717) is 0 Å². The Bertz CT molecular complexity index is 660. The zero-order valence-electron chi connectivity index (χ0n) is 14.9. The highest BCUT2D eigenvalue weighted by molar-refractivity contribution is 6.05. The largest absolute Gasteiger partial charge is 0.389 e. The van der Waals surface area contributed by atoms with Crippen molar-refractivity contribution in [3.05, 3.63) is 29.8 Å². The summed E-state index contributed by atoms with van der Waals surface area (Å²) in [6, 6.07) is 7.44. The lowest BCUT2D eigenvalue weighted by Crippen LogP contribution is -2.53. The maximum Gasteiger partial charge on any atom is 0.146 e. The van der Waals surface area contributed by atoms with Gasteiger partial charge in [-0.1, -0.05) is 12.1 Å². The molecule has 0 unspecified atom stereocenters. The average molecular weight is 331 g/mol. The molecule has 1 saturated carbocycles. The third-order valence-electron chi connectivity index (χ3n) is 4.94. The van der Waals surface area contributed by atoms with E-state index in [-0.39, 0.29) is 23.8 Å². The molecule has 130 valence electrons. The number of benzene rings is 1. The highest BCUT2D eigenvalue weighted by Gasteiger charge is 2.53.